The minimum atomic E-state index is -0.445. The van der Waals surface area contributed by atoms with Gasteiger partial charge in [-0.1, -0.05) is 29.3 Å². The molecule has 1 aromatic carbocycles. The molecule has 1 aromatic heterocycles. The van der Waals surface area contributed by atoms with Crippen LogP contribution in [-0.2, 0) is 4.79 Å². The van der Waals surface area contributed by atoms with Crippen LogP contribution in [-0.4, -0.2) is 28.0 Å². The molecule has 0 atom stereocenters. The number of carbonyl (C=O) groups excluding carboxylic acids is 2. The summed E-state index contributed by atoms with van der Waals surface area (Å²) in [6, 6.07) is 6.90. The number of amides is 3. The van der Waals surface area contributed by atoms with E-state index in [4.69, 9.17) is 23.2 Å². The van der Waals surface area contributed by atoms with E-state index in [0.717, 1.165) is 27.5 Å². The van der Waals surface area contributed by atoms with Crippen molar-refractivity contribution in [2.45, 2.75) is 13.8 Å². The average Bonchev–Trinajstić information content (AvgIpc) is 3.01. The normalized spacial score (nSPS) is 15.7. The number of hydrogen-bond donors (Lipinski definition) is 1. The van der Waals surface area contributed by atoms with Gasteiger partial charge in [-0.15, -0.1) is 6.58 Å². The highest BCUT2D eigenvalue weighted by Gasteiger charge is 2.32. The molecule has 7 heteroatoms. The molecular formula is C19H17Cl2N3O2. The van der Waals surface area contributed by atoms with Gasteiger partial charge in [0.05, 0.1) is 10.0 Å². The highest BCUT2D eigenvalue weighted by Crippen LogP contribution is 2.28. The molecule has 0 aliphatic carbocycles. The van der Waals surface area contributed by atoms with Gasteiger partial charge in [0, 0.05) is 23.6 Å². The van der Waals surface area contributed by atoms with Crippen molar-refractivity contribution in [2.24, 2.45) is 0 Å². The standard InChI is InChI=1S/C19H17Cl2N3O2/c1-4-7-23-18(25)17(22-19(23)26)9-13-8-11(2)24(12(13)3)14-5-6-15(20)16(21)10-14/h4-6,8-10H,1,7H2,2-3H3,(H,22,26). The number of imide groups is 1. The first kappa shape index (κ1) is 18.3. The number of halogens is 2. The van der Waals surface area contributed by atoms with Crippen molar-refractivity contribution in [1.82, 2.24) is 14.8 Å². The van der Waals surface area contributed by atoms with Crippen molar-refractivity contribution < 1.29 is 9.59 Å². The van der Waals surface area contributed by atoms with E-state index >= 15 is 0 Å². The SMILES string of the molecule is C=CCN1C(=O)NC(=Cc2cc(C)n(-c3ccc(Cl)c(Cl)c3)c2C)C1=O. The maximum Gasteiger partial charge on any atom is 0.329 e. The van der Waals surface area contributed by atoms with Gasteiger partial charge in [0.25, 0.3) is 5.91 Å². The fourth-order valence-corrected chi connectivity index (χ4v) is 3.27. The Morgan fingerprint density at radius 1 is 1.15 bits per heavy atom. The Morgan fingerprint density at radius 2 is 1.88 bits per heavy atom. The maximum absolute atomic E-state index is 12.4. The van der Waals surface area contributed by atoms with E-state index in [1.54, 1.807) is 18.2 Å². The Kier molecular flexibility index (Phi) is 4.94. The second-order valence-corrected chi connectivity index (χ2v) is 6.77. The van der Waals surface area contributed by atoms with Crippen LogP contribution in [0.15, 0.2) is 42.6 Å². The molecule has 0 unspecified atom stereocenters. The van der Waals surface area contributed by atoms with Crippen molar-refractivity contribution in [3.05, 3.63) is 69.6 Å². The molecule has 3 amide bonds. The molecule has 1 aliphatic rings. The first-order valence-corrected chi connectivity index (χ1v) is 8.69. The highest BCUT2D eigenvalue weighted by molar-refractivity contribution is 6.42. The summed E-state index contributed by atoms with van der Waals surface area (Å²) < 4.78 is 2.01. The van der Waals surface area contributed by atoms with Crippen LogP contribution in [0.3, 0.4) is 0 Å². The van der Waals surface area contributed by atoms with Gasteiger partial charge in [-0.2, -0.15) is 0 Å². The zero-order valence-corrected chi connectivity index (χ0v) is 15.9. The fourth-order valence-electron chi connectivity index (χ4n) is 2.98. The second-order valence-electron chi connectivity index (χ2n) is 5.95. The summed E-state index contributed by atoms with van der Waals surface area (Å²) in [6.07, 6.45) is 3.19. The number of aryl methyl sites for hydroxylation is 1. The van der Waals surface area contributed by atoms with E-state index in [2.05, 4.69) is 11.9 Å². The smallest absolute Gasteiger partial charge is 0.318 e. The molecule has 1 N–H and O–H groups in total. The Hall–Kier alpha value is -2.50. The van der Waals surface area contributed by atoms with E-state index in [9.17, 15) is 9.59 Å². The van der Waals surface area contributed by atoms with Crippen molar-refractivity contribution >= 4 is 41.2 Å². The predicted molar refractivity (Wildman–Crippen MR) is 104 cm³/mol. The number of hydrogen-bond acceptors (Lipinski definition) is 2. The van der Waals surface area contributed by atoms with Crippen molar-refractivity contribution in [1.29, 1.82) is 0 Å². The lowest BCUT2D eigenvalue weighted by atomic mass is 10.2. The topological polar surface area (TPSA) is 54.3 Å². The van der Waals surface area contributed by atoms with Crippen molar-refractivity contribution in [2.75, 3.05) is 6.54 Å². The molecule has 1 saturated heterocycles. The fraction of sp³-hybridized carbons (Fsp3) is 0.158. The van der Waals surface area contributed by atoms with Crippen LogP contribution in [0.5, 0.6) is 0 Å². The number of nitrogens with zero attached hydrogens (tertiary/aromatic N) is 2. The van der Waals surface area contributed by atoms with Gasteiger partial charge in [-0.05, 0) is 49.8 Å². The van der Waals surface area contributed by atoms with Crippen LogP contribution in [0.4, 0.5) is 4.79 Å². The van der Waals surface area contributed by atoms with Gasteiger partial charge in [-0.3, -0.25) is 9.69 Å². The number of rotatable bonds is 4. The largest absolute Gasteiger partial charge is 0.329 e. The third kappa shape index (κ3) is 3.16. The first-order chi connectivity index (χ1) is 12.3. The van der Waals surface area contributed by atoms with Crippen LogP contribution in [0.1, 0.15) is 17.0 Å². The van der Waals surface area contributed by atoms with Gasteiger partial charge < -0.3 is 9.88 Å². The zero-order valence-electron chi connectivity index (χ0n) is 14.3. The summed E-state index contributed by atoms with van der Waals surface area (Å²) in [7, 11) is 0. The third-order valence-corrected chi connectivity index (χ3v) is 4.94. The first-order valence-electron chi connectivity index (χ1n) is 7.93. The molecule has 2 heterocycles. The summed E-state index contributed by atoms with van der Waals surface area (Å²) in [6.45, 7) is 7.62. The summed E-state index contributed by atoms with van der Waals surface area (Å²) in [5.41, 5.74) is 3.82. The Bertz CT molecular complexity index is 960. The molecule has 0 saturated carbocycles. The monoisotopic (exact) mass is 389 g/mol. The van der Waals surface area contributed by atoms with Gasteiger partial charge in [0.2, 0.25) is 0 Å². The molecule has 2 aromatic rings. The van der Waals surface area contributed by atoms with Crippen molar-refractivity contribution in [3.8, 4) is 5.69 Å². The average molecular weight is 390 g/mol. The zero-order chi connectivity index (χ0) is 19.0. The molecule has 1 fully saturated rings. The van der Waals surface area contributed by atoms with Crippen LogP contribution < -0.4 is 5.32 Å². The van der Waals surface area contributed by atoms with Gasteiger partial charge >= 0.3 is 6.03 Å². The minimum absolute atomic E-state index is 0.171. The number of nitrogens with one attached hydrogen (secondary N) is 1. The third-order valence-electron chi connectivity index (χ3n) is 4.21. The molecule has 0 bridgehead atoms. The minimum Gasteiger partial charge on any atom is -0.318 e. The van der Waals surface area contributed by atoms with Crippen LogP contribution >= 0.6 is 23.2 Å². The molecule has 3 rings (SSSR count). The lowest BCUT2D eigenvalue weighted by Gasteiger charge is -2.10. The van der Waals surface area contributed by atoms with E-state index in [1.165, 1.54) is 6.08 Å². The Morgan fingerprint density at radius 3 is 2.54 bits per heavy atom. The Balaban J connectivity index is 2.01. The predicted octanol–water partition coefficient (Wildman–Crippen LogP) is 4.48. The molecule has 1 aliphatic heterocycles. The van der Waals surface area contributed by atoms with Crippen LogP contribution in [0, 0.1) is 13.8 Å². The highest BCUT2D eigenvalue weighted by atomic mass is 35.5. The molecule has 0 radical (unpaired) electrons. The lowest BCUT2D eigenvalue weighted by Crippen LogP contribution is -2.30. The second kappa shape index (κ2) is 7.02. The number of carbonyl (C=O) groups is 2. The van der Waals surface area contributed by atoms with Gasteiger partial charge in [-0.25, -0.2) is 4.79 Å². The Labute approximate surface area is 161 Å². The van der Waals surface area contributed by atoms with Crippen LogP contribution in [0.2, 0.25) is 10.0 Å². The maximum atomic E-state index is 12.4. The number of aromatic nitrogens is 1. The summed E-state index contributed by atoms with van der Waals surface area (Å²) in [4.78, 5) is 25.4. The van der Waals surface area contributed by atoms with E-state index in [1.807, 2.05) is 30.5 Å². The number of urea groups is 1. The van der Waals surface area contributed by atoms with E-state index < -0.39 is 6.03 Å². The molecular weight excluding hydrogens is 373 g/mol. The lowest BCUT2D eigenvalue weighted by molar-refractivity contribution is -0.122. The summed E-state index contributed by atoms with van der Waals surface area (Å²) in [5.74, 6) is -0.366. The van der Waals surface area contributed by atoms with Crippen molar-refractivity contribution in [3.63, 3.8) is 0 Å². The quantitative estimate of drug-likeness (QED) is 0.476. The van der Waals surface area contributed by atoms with E-state index in [-0.39, 0.29) is 18.1 Å². The van der Waals surface area contributed by atoms with Crippen LogP contribution in [0.25, 0.3) is 11.8 Å². The van der Waals surface area contributed by atoms with Gasteiger partial charge in [0.1, 0.15) is 5.70 Å². The molecule has 134 valence electrons. The van der Waals surface area contributed by atoms with E-state index in [0.29, 0.717) is 10.0 Å². The summed E-state index contributed by atoms with van der Waals surface area (Å²) >= 11 is 12.1. The summed E-state index contributed by atoms with van der Waals surface area (Å²) in [5, 5.41) is 3.56. The molecule has 5 nitrogen and oxygen atoms in total. The molecule has 0 spiro atoms. The molecule has 26 heavy (non-hydrogen) atoms. The van der Waals surface area contributed by atoms with Gasteiger partial charge in [0.15, 0.2) is 0 Å². The number of benzene rings is 1.